The smallest absolute Gasteiger partial charge is 0.138 e. The summed E-state index contributed by atoms with van der Waals surface area (Å²) >= 11 is 0. The standard InChI is InChI=1S/C11H14O3/c1-8(13)10(7-12)11(14)9-5-3-2-4-6-9/h2-6,10-12,14H,7H2,1H3/t10-,11-/m1/s1. The molecule has 0 saturated carbocycles. The van der Waals surface area contributed by atoms with Crippen molar-refractivity contribution in [3.63, 3.8) is 0 Å². The molecule has 2 atom stereocenters. The molecule has 0 unspecified atom stereocenters. The number of rotatable bonds is 4. The Morgan fingerprint density at radius 3 is 2.36 bits per heavy atom. The van der Waals surface area contributed by atoms with Gasteiger partial charge in [-0.15, -0.1) is 0 Å². The molecule has 0 aliphatic rings. The van der Waals surface area contributed by atoms with E-state index in [9.17, 15) is 9.90 Å². The summed E-state index contributed by atoms with van der Waals surface area (Å²) in [6.07, 6.45) is -0.918. The van der Waals surface area contributed by atoms with E-state index in [0.717, 1.165) is 0 Å². The zero-order valence-electron chi connectivity index (χ0n) is 8.05. The summed E-state index contributed by atoms with van der Waals surface area (Å²) in [5, 5.41) is 18.7. The predicted octanol–water partition coefficient (Wildman–Crippen LogP) is 0.917. The van der Waals surface area contributed by atoms with E-state index in [4.69, 9.17) is 5.11 Å². The average Bonchev–Trinajstić information content (AvgIpc) is 2.19. The molecule has 0 aliphatic carbocycles. The highest BCUT2D eigenvalue weighted by atomic mass is 16.3. The summed E-state index contributed by atoms with van der Waals surface area (Å²) in [5.41, 5.74) is 0.654. The van der Waals surface area contributed by atoms with Gasteiger partial charge in [0.25, 0.3) is 0 Å². The number of aliphatic hydroxyl groups excluding tert-OH is 2. The first-order valence-corrected chi connectivity index (χ1v) is 4.51. The van der Waals surface area contributed by atoms with Gasteiger partial charge in [0.2, 0.25) is 0 Å². The van der Waals surface area contributed by atoms with Crippen LogP contribution in [-0.4, -0.2) is 22.6 Å². The second kappa shape index (κ2) is 4.88. The van der Waals surface area contributed by atoms with Gasteiger partial charge in [-0.25, -0.2) is 0 Å². The van der Waals surface area contributed by atoms with E-state index < -0.39 is 12.0 Å². The second-order valence-corrected chi connectivity index (χ2v) is 3.26. The van der Waals surface area contributed by atoms with Gasteiger partial charge in [-0.05, 0) is 12.5 Å². The van der Waals surface area contributed by atoms with Crippen LogP contribution in [0.2, 0.25) is 0 Å². The van der Waals surface area contributed by atoms with Crippen LogP contribution in [0.15, 0.2) is 30.3 Å². The number of carbonyl (C=O) groups is 1. The van der Waals surface area contributed by atoms with Gasteiger partial charge >= 0.3 is 0 Å². The number of hydrogen-bond donors (Lipinski definition) is 2. The van der Waals surface area contributed by atoms with E-state index in [1.165, 1.54) is 6.92 Å². The number of carbonyl (C=O) groups excluding carboxylic acids is 1. The lowest BCUT2D eigenvalue weighted by Gasteiger charge is -2.18. The summed E-state index contributed by atoms with van der Waals surface area (Å²) < 4.78 is 0. The minimum absolute atomic E-state index is 0.205. The molecule has 0 aromatic heterocycles. The Labute approximate surface area is 83.0 Å². The minimum atomic E-state index is -0.918. The third-order valence-corrected chi connectivity index (χ3v) is 2.24. The Kier molecular flexibility index (Phi) is 3.80. The Morgan fingerprint density at radius 2 is 1.93 bits per heavy atom. The highest BCUT2D eigenvalue weighted by molar-refractivity contribution is 5.79. The molecule has 1 aromatic rings. The van der Waals surface area contributed by atoms with Gasteiger partial charge < -0.3 is 10.2 Å². The monoisotopic (exact) mass is 194 g/mol. The van der Waals surface area contributed by atoms with Crippen LogP contribution in [0.5, 0.6) is 0 Å². The quantitative estimate of drug-likeness (QED) is 0.749. The lowest BCUT2D eigenvalue weighted by molar-refractivity contribution is -0.126. The van der Waals surface area contributed by atoms with Crippen LogP contribution in [0.25, 0.3) is 0 Å². The van der Waals surface area contributed by atoms with E-state index in [-0.39, 0.29) is 12.4 Å². The van der Waals surface area contributed by atoms with Gasteiger partial charge in [-0.2, -0.15) is 0 Å². The highest BCUT2D eigenvalue weighted by Gasteiger charge is 2.23. The molecule has 0 bridgehead atoms. The fourth-order valence-corrected chi connectivity index (χ4v) is 1.33. The summed E-state index contributed by atoms with van der Waals surface area (Å²) in [6, 6.07) is 8.87. The van der Waals surface area contributed by atoms with Crippen LogP contribution in [0.3, 0.4) is 0 Å². The Bertz CT molecular complexity index is 295. The molecule has 0 saturated heterocycles. The first kappa shape index (κ1) is 10.9. The molecule has 0 aliphatic heterocycles. The predicted molar refractivity (Wildman–Crippen MR) is 52.7 cm³/mol. The molecule has 0 fully saturated rings. The minimum Gasteiger partial charge on any atom is -0.396 e. The molecule has 2 N–H and O–H groups in total. The zero-order chi connectivity index (χ0) is 10.6. The lowest BCUT2D eigenvalue weighted by Crippen LogP contribution is -2.23. The molecular weight excluding hydrogens is 180 g/mol. The summed E-state index contributed by atoms with van der Waals surface area (Å²) in [4.78, 5) is 11.1. The molecular formula is C11H14O3. The van der Waals surface area contributed by atoms with Crippen molar-refractivity contribution in [1.82, 2.24) is 0 Å². The van der Waals surface area contributed by atoms with Gasteiger partial charge in [0.1, 0.15) is 5.78 Å². The number of ketones is 1. The fourth-order valence-electron chi connectivity index (χ4n) is 1.33. The summed E-state index contributed by atoms with van der Waals surface area (Å²) in [5.74, 6) is -0.929. The molecule has 0 spiro atoms. The second-order valence-electron chi connectivity index (χ2n) is 3.26. The number of benzene rings is 1. The molecule has 0 heterocycles. The van der Waals surface area contributed by atoms with Crippen molar-refractivity contribution in [2.45, 2.75) is 13.0 Å². The molecule has 1 rings (SSSR count). The third-order valence-electron chi connectivity index (χ3n) is 2.24. The van der Waals surface area contributed by atoms with Crippen molar-refractivity contribution in [3.8, 4) is 0 Å². The van der Waals surface area contributed by atoms with Crippen LogP contribution in [0.4, 0.5) is 0 Å². The van der Waals surface area contributed by atoms with Crippen LogP contribution < -0.4 is 0 Å². The molecule has 76 valence electrons. The fraction of sp³-hybridized carbons (Fsp3) is 0.364. The first-order chi connectivity index (χ1) is 6.66. The van der Waals surface area contributed by atoms with Crippen LogP contribution in [-0.2, 0) is 4.79 Å². The number of hydrogen-bond acceptors (Lipinski definition) is 3. The first-order valence-electron chi connectivity index (χ1n) is 4.51. The van der Waals surface area contributed by atoms with Gasteiger partial charge in [-0.1, -0.05) is 30.3 Å². The van der Waals surface area contributed by atoms with Crippen LogP contribution in [0, 0.1) is 5.92 Å². The Balaban J connectivity index is 2.83. The van der Waals surface area contributed by atoms with E-state index in [1.807, 2.05) is 6.07 Å². The van der Waals surface area contributed by atoms with Crippen molar-refractivity contribution in [3.05, 3.63) is 35.9 Å². The van der Waals surface area contributed by atoms with Gasteiger partial charge in [0.15, 0.2) is 0 Å². The molecule has 3 nitrogen and oxygen atoms in total. The SMILES string of the molecule is CC(=O)[C@@H](CO)[C@H](O)c1ccccc1. The number of aliphatic hydroxyl groups is 2. The van der Waals surface area contributed by atoms with E-state index in [2.05, 4.69) is 0 Å². The summed E-state index contributed by atoms with van der Waals surface area (Å²) in [6.45, 7) is 1.04. The van der Waals surface area contributed by atoms with Crippen molar-refractivity contribution < 1.29 is 15.0 Å². The maximum absolute atomic E-state index is 11.1. The third kappa shape index (κ3) is 2.40. The highest BCUT2D eigenvalue weighted by Crippen LogP contribution is 2.21. The van der Waals surface area contributed by atoms with Crippen molar-refractivity contribution in [2.24, 2.45) is 5.92 Å². The van der Waals surface area contributed by atoms with Gasteiger partial charge in [0, 0.05) is 0 Å². The number of Topliss-reactive ketones (excluding diaryl/α,β-unsaturated/α-hetero) is 1. The van der Waals surface area contributed by atoms with Gasteiger partial charge in [-0.3, -0.25) is 4.79 Å². The topological polar surface area (TPSA) is 57.5 Å². The van der Waals surface area contributed by atoms with E-state index in [0.29, 0.717) is 5.56 Å². The van der Waals surface area contributed by atoms with Gasteiger partial charge in [0.05, 0.1) is 18.6 Å². The van der Waals surface area contributed by atoms with E-state index in [1.54, 1.807) is 24.3 Å². The largest absolute Gasteiger partial charge is 0.396 e. The average molecular weight is 194 g/mol. The Hall–Kier alpha value is -1.19. The molecule has 1 aromatic carbocycles. The van der Waals surface area contributed by atoms with Crippen molar-refractivity contribution >= 4 is 5.78 Å². The van der Waals surface area contributed by atoms with E-state index >= 15 is 0 Å². The van der Waals surface area contributed by atoms with Crippen molar-refractivity contribution in [1.29, 1.82) is 0 Å². The molecule has 0 amide bonds. The maximum Gasteiger partial charge on any atom is 0.138 e. The van der Waals surface area contributed by atoms with Crippen LogP contribution >= 0.6 is 0 Å². The van der Waals surface area contributed by atoms with Crippen molar-refractivity contribution in [2.75, 3.05) is 6.61 Å². The molecule has 3 heteroatoms. The van der Waals surface area contributed by atoms with Crippen LogP contribution in [0.1, 0.15) is 18.6 Å². The summed E-state index contributed by atoms with van der Waals surface area (Å²) in [7, 11) is 0. The Morgan fingerprint density at radius 1 is 1.36 bits per heavy atom. The zero-order valence-corrected chi connectivity index (χ0v) is 8.05. The normalized spacial score (nSPS) is 14.8. The molecule has 0 radical (unpaired) electrons. The molecule has 14 heavy (non-hydrogen) atoms. The lowest BCUT2D eigenvalue weighted by atomic mass is 9.93. The maximum atomic E-state index is 11.1.